The predicted molar refractivity (Wildman–Crippen MR) is 103 cm³/mol. The lowest BCUT2D eigenvalue weighted by molar-refractivity contribution is 0.590. The summed E-state index contributed by atoms with van der Waals surface area (Å²) in [4.78, 5) is 4.75. The number of anilines is 1. The van der Waals surface area contributed by atoms with Crippen molar-refractivity contribution in [3.63, 3.8) is 0 Å². The second-order valence-electron chi connectivity index (χ2n) is 6.36. The lowest BCUT2D eigenvalue weighted by Gasteiger charge is -2.21. The Labute approximate surface area is 151 Å². The lowest BCUT2D eigenvalue weighted by Crippen LogP contribution is -2.34. The number of benzene rings is 2. The minimum atomic E-state index is -3.25. The fraction of sp³-hybridized carbons (Fsp3) is 0.211. The van der Waals surface area contributed by atoms with Crippen molar-refractivity contribution in [3.8, 4) is 21.8 Å². The lowest BCUT2D eigenvalue weighted by atomic mass is 10.1. The fourth-order valence-corrected chi connectivity index (χ4v) is 5.49. The van der Waals surface area contributed by atoms with Crippen LogP contribution in [0.3, 0.4) is 0 Å². The van der Waals surface area contributed by atoms with Gasteiger partial charge in [-0.05, 0) is 31.0 Å². The van der Waals surface area contributed by atoms with Gasteiger partial charge in [0.1, 0.15) is 5.01 Å². The summed E-state index contributed by atoms with van der Waals surface area (Å²) in [6.07, 6.45) is 1.99. The summed E-state index contributed by atoms with van der Waals surface area (Å²) in [5.41, 5.74) is 4.91. The largest absolute Gasteiger partial charge is 0.267 e. The standard InChI is InChI=1S/C19H18N2O2S2/c1-13-10-16-11-15(8-9-18(16)21(13)25(2,22)23)17-12-24-19(20-17)14-6-4-3-5-7-14/h3-9,11-13H,10H2,1-2H3/t13-/m0/s1. The number of rotatable bonds is 3. The van der Waals surface area contributed by atoms with Crippen LogP contribution in [0.2, 0.25) is 0 Å². The van der Waals surface area contributed by atoms with Crippen LogP contribution in [-0.2, 0) is 16.4 Å². The van der Waals surface area contributed by atoms with Crippen LogP contribution in [0.5, 0.6) is 0 Å². The number of sulfonamides is 1. The first-order valence-corrected chi connectivity index (χ1v) is 10.8. The molecule has 2 heterocycles. The molecule has 0 saturated carbocycles. The third kappa shape index (κ3) is 2.96. The summed E-state index contributed by atoms with van der Waals surface area (Å²) in [5.74, 6) is 0. The van der Waals surface area contributed by atoms with E-state index in [1.54, 1.807) is 11.3 Å². The van der Waals surface area contributed by atoms with E-state index in [2.05, 4.69) is 23.6 Å². The molecular weight excluding hydrogens is 352 g/mol. The van der Waals surface area contributed by atoms with Gasteiger partial charge in [-0.1, -0.05) is 36.4 Å². The van der Waals surface area contributed by atoms with Crippen LogP contribution in [0.15, 0.2) is 53.9 Å². The molecule has 0 radical (unpaired) electrons. The highest BCUT2D eigenvalue weighted by atomic mass is 32.2. The van der Waals surface area contributed by atoms with Crippen molar-refractivity contribution in [2.75, 3.05) is 10.6 Å². The molecule has 0 aliphatic carbocycles. The average molecular weight is 370 g/mol. The van der Waals surface area contributed by atoms with E-state index in [0.29, 0.717) is 0 Å². The number of hydrogen-bond acceptors (Lipinski definition) is 4. The van der Waals surface area contributed by atoms with E-state index in [1.165, 1.54) is 10.6 Å². The van der Waals surface area contributed by atoms with Gasteiger partial charge in [-0.25, -0.2) is 13.4 Å². The number of thiazole rings is 1. The Morgan fingerprint density at radius 2 is 1.88 bits per heavy atom. The molecule has 6 heteroatoms. The van der Waals surface area contributed by atoms with Crippen molar-refractivity contribution in [3.05, 3.63) is 59.5 Å². The molecule has 2 aromatic carbocycles. The van der Waals surface area contributed by atoms with E-state index < -0.39 is 10.0 Å². The van der Waals surface area contributed by atoms with Crippen molar-refractivity contribution in [2.24, 2.45) is 0 Å². The van der Waals surface area contributed by atoms with Gasteiger partial charge in [0, 0.05) is 22.5 Å². The monoisotopic (exact) mass is 370 g/mol. The van der Waals surface area contributed by atoms with E-state index in [9.17, 15) is 8.42 Å². The number of aromatic nitrogens is 1. The molecule has 1 aliphatic heterocycles. The molecule has 4 nitrogen and oxygen atoms in total. The summed E-state index contributed by atoms with van der Waals surface area (Å²) in [6, 6.07) is 16.0. The molecular formula is C19H18N2O2S2. The highest BCUT2D eigenvalue weighted by molar-refractivity contribution is 7.92. The van der Waals surface area contributed by atoms with Crippen molar-refractivity contribution >= 4 is 27.0 Å². The van der Waals surface area contributed by atoms with Crippen LogP contribution in [0, 0.1) is 0 Å². The minimum absolute atomic E-state index is 0.0458. The molecule has 1 atom stereocenters. The Balaban J connectivity index is 1.71. The van der Waals surface area contributed by atoms with Gasteiger partial charge >= 0.3 is 0 Å². The van der Waals surface area contributed by atoms with Crippen LogP contribution < -0.4 is 4.31 Å². The summed E-state index contributed by atoms with van der Waals surface area (Å²) < 4.78 is 25.6. The maximum atomic E-state index is 12.0. The smallest absolute Gasteiger partial charge is 0.232 e. The van der Waals surface area contributed by atoms with Gasteiger partial charge in [0.25, 0.3) is 0 Å². The SMILES string of the molecule is C[C@H]1Cc2cc(-c3csc(-c4ccccc4)n3)ccc2N1S(C)(=O)=O. The van der Waals surface area contributed by atoms with E-state index in [1.807, 2.05) is 37.3 Å². The van der Waals surface area contributed by atoms with Crippen LogP contribution in [0.1, 0.15) is 12.5 Å². The van der Waals surface area contributed by atoms with E-state index >= 15 is 0 Å². The maximum absolute atomic E-state index is 12.0. The van der Waals surface area contributed by atoms with Crippen LogP contribution in [-0.4, -0.2) is 25.7 Å². The first kappa shape index (κ1) is 16.3. The minimum Gasteiger partial charge on any atom is -0.267 e. The first-order valence-electron chi connectivity index (χ1n) is 8.07. The Morgan fingerprint density at radius 3 is 2.60 bits per heavy atom. The van der Waals surface area contributed by atoms with Crippen molar-refractivity contribution in [1.29, 1.82) is 0 Å². The number of hydrogen-bond donors (Lipinski definition) is 0. The molecule has 0 bridgehead atoms. The van der Waals surface area contributed by atoms with Crippen molar-refractivity contribution in [1.82, 2.24) is 4.98 Å². The molecule has 0 unspecified atom stereocenters. The van der Waals surface area contributed by atoms with E-state index in [-0.39, 0.29) is 6.04 Å². The van der Waals surface area contributed by atoms with Crippen molar-refractivity contribution in [2.45, 2.75) is 19.4 Å². The summed E-state index contributed by atoms with van der Waals surface area (Å²) in [6.45, 7) is 1.94. The Kier molecular flexibility index (Phi) is 3.89. The third-order valence-electron chi connectivity index (χ3n) is 4.41. The molecule has 3 aromatic rings. The molecule has 0 N–H and O–H groups in total. The number of nitrogens with zero attached hydrogens (tertiary/aromatic N) is 2. The molecule has 128 valence electrons. The molecule has 0 fully saturated rings. The summed E-state index contributed by atoms with van der Waals surface area (Å²) >= 11 is 1.62. The van der Waals surface area contributed by atoms with Gasteiger partial charge in [-0.2, -0.15) is 0 Å². The van der Waals surface area contributed by atoms with Gasteiger partial charge in [0.15, 0.2) is 0 Å². The summed E-state index contributed by atoms with van der Waals surface area (Å²) in [5, 5.41) is 3.04. The predicted octanol–water partition coefficient (Wildman–Crippen LogP) is 4.19. The normalized spacial score (nSPS) is 16.9. The van der Waals surface area contributed by atoms with Crippen LogP contribution >= 0.6 is 11.3 Å². The topological polar surface area (TPSA) is 50.3 Å². The molecule has 25 heavy (non-hydrogen) atoms. The second kappa shape index (κ2) is 5.97. The van der Waals surface area contributed by atoms with Gasteiger partial charge < -0.3 is 0 Å². The molecule has 1 aromatic heterocycles. The Morgan fingerprint density at radius 1 is 1.12 bits per heavy atom. The first-order chi connectivity index (χ1) is 11.9. The van der Waals surface area contributed by atoms with Gasteiger partial charge in [0.05, 0.1) is 17.6 Å². The second-order valence-corrected chi connectivity index (χ2v) is 9.08. The van der Waals surface area contributed by atoms with Gasteiger partial charge in [-0.15, -0.1) is 11.3 Å². The van der Waals surface area contributed by atoms with Crippen molar-refractivity contribution < 1.29 is 8.42 Å². The zero-order valence-corrected chi connectivity index (χ0v) is 15.6. The number of fused-ring (bicyclic) bond motifs is 1. The van der Waals surface area contributed by atoms with Gasteiger partial charge in [0.2, 0.25) is 10.0 Å². The van der Waals surface area contributed by atoms with Crippen LogP contribution in [0.4, 0.5) is 5.69 Å². The molecule has 0 amide bonds. The van der Waals surface area contributed by atoms with Crippen LogP contribution in [0.25, 0.3) is 21.8 Å². The zero-order valence-electron chi connectivity index (χ0n) is 14.0. The highest BCUT2D eigenvalue weighted by Crippen LogP contribution is 2.37. The fourth-order valence-electron chi connectivity index (χ4n) is 3.39. The zero-order chi connectivity index (χ0) is 17.6. The molecule has 1 aliphatic rings. The third-order valence-corrected chi connectivity index (χ3v) is 6.57. The molecule has 0 spiro atoms. The molecule has 0 saturated heterocycles. The Hall–Kier alpha value is -2.18. The van der Waals surface area contributed by atoms with E-state index in [4.69, 9.17) is 4.98 Å². The quantitative estimate of drug-likeness (QED) is 0.695. The highest BCUT2D eigenvalue weighted by Gasteiger charge is 2.32. The molecule has 4 rings (SSSR count). The maximum Gasteiger partial charge on any atom is 0.232 e. The van der Waals surface area contributed by atoms with Gasteiger partial charge in [-0.3, -0.25) is 4.31 Å². The summed E-state index contributed by atoms with van der Waals surface area (Å²) in [7, 11) is -3.25. The average Bonchev–Trinajstić information content (AvgIpc) is 3.18. The Bertz CT molecular complexity index is 1030. The van der Waals surface area contributed by atoms with E-state index in [0.717, 1.165) is 39.5 Å².